The Hall–Kier alpha value is -1.79. The second-order valence-electron chi connectivity index (χ2n) is 4.64. The minimum atomic E-state index is -0.210. The van der Waals surface area contributed by atoms with Crippen LogP contribution in [0.2, 0.25) is 0 Å². The highest BCUT2D eigenvalue weighted by molar-refractivity contribution is 5.39. The van der Waals surface area contributed by atoms with Crippen LogP contribution in [0, 0.1) is 11.8 Å². The molecule has 0 atom stereocenters. The molecule has 0 amide bonds. The first-order chi connectivity index (χ1) is 8.60. The molecule has 3 nitrogen and oxygen atoms in total. The SMILES string of the molecule is CC(C)(COC=O)c1ccc(C#CCCO)cc1. The van der Waals surface area contributed by atoms with Gasteiger partial charge in [-0.1, -0.05) is 37.8 Å². The summed E-state index contributed by atoms with van der Waals surface area (Å²) in [4.78, 5) is 10.2. The van der Waals surface area contributed by atoms with E-state index in [-0.39, 0.29) is 12.0 Å². The summed E-state index contributed by atoms with van der Waals surface area (Å²) in [5, 5.41) is 8.63. The van der Waals surface area contributed by atoms with Crippen LogP contribution in [0.4, 0.5) is 0 Å². The van der Waals surface area contributed by atoms with Gasteiger partial charge in [0.1, 0.15) is 6.61 Å². The summed E-state index contributed by atoms with van der Waals surface area (Å²) < 4.78 is 4.83. The summed E-state index contributed by atoms with van der Waals surface area (Å²) in [6, 6.07) is 7.83. The van der Waals surface area contributed by atoms with Gasteiger partial charge < -0.3 is 9.84 Å². The lowest BCUT2D eigenvalue weighted by atomic mass is 9.85. The normalized spacial score (nSPS) is 10.4. The molecular weight excluding hydrogens is 228 g/mol. The molecule has 0 aliphatic heterocycles. The second-order valence-corrected chi connectivity index (χ2v) is 4.64. The summed E-state index contributed by atoms with van der Waals surface area (Å²) in [6.45, 7) is 4.94. The molecular formula is C15H18O3. The summed E-state index contributed by atoms with van der Waals surface area (Å²) in [6.07, 6.45) is 0.487. The Morgan fingerprint density at radius 3 is 2.56 bits per heavy atom. The molecule has 0 saturated carbocycles. The molecule has 3 heteroatoms. The standard InChI is InChI=1S/C15H18O3/c1-15(2,11-18-12-17)14-8-6-13(7-9-14)5-3-4-10-16/h6-9,12,16H,4,10-11H2,1-2H3. The summed E-state index contributed by atoms with van der Waals surface area (Å²) in [7, 11) is 0. The molecule has 1 rings (SSSR count). The van der Waals surface area contributed by atoms with Gasteiger partial charge in [-0.2, -0.15) is 0 Å². The van der Waals surface area contributed by atoms with E-state index in [9.17, 15) is 4.79 Å². The van der Waals surface area contributed by atoms with E-state index in [2.05, 4.69) is 11.8 Å². The number of carbonyl (C=O) groups excluding carboxylic acids is 1. The van der Waals surface area contributed by atoms with Crippen LogP contribution in [-0.4, -0.2) is 24.8 Å². The predicted octanol–water partition coefficient (Wildman–Crippen LogP) is 1.87. The smallest absolute Gasteiger partial charge is 0.293 e. The van der Waals surface area contributed by atoms with E-state index in [1.54, 1.807) is 0 Å². The van der Waals surface area contributed by atoms with Gasteiger partial charge in [0.05, 0.1) is 6.61 Å². The first kappa shape index (κ1) is 14.3. The average Bonchev–Trinajstić information content (AvgIpc) is 2.37. The fourth-order valence-corrected chi connectivity index (χ4v) is 1.55. The zero-order valence-electron chi connectivity index (χ0n) is 10.8. The monoisotopic (exact) mass is 246 g/mol. The third kappa shape index (κ3) is 4.23. The topological polar surface area (TPSA) is 46.5 Å². The molecule has 0 heterocycles. The highest BCUT2D eigenvalue weighted by Crippen LogP contribution is 2.23. The number of hydrogen-bond acceptors (Lipinski definition) is 3. The van der Waals surface area contributed by atoms with Gasteiger partial charge in [0, 0.05) is 17.4 Å². The Balaban J connectivity index is 2.76. The van der Waals surface area contributed by atoms with Gasteiger partial charge >= 0.3 is 0 Å². The fourth-order valence-electron chi connectivity index (χ4n) is 1.55. The first-order valence-electron chi connectivity index (χ1n) is 5.85. The van der Waals surface area contributed by atoms with Crippen LogP contribution in [0.25, 0.3) is 0 Å². The lowest BCUT2D eigenvalue weighted by molar-refractivity contribution is -0.130. The number of ether oxygens (including phenoxy) is 1. The molecule has 18 heavy (non-hydrogen) atoms. The Kier molecular flexibility index (Phi) is 5.41. The zero-order valence-corrected chi connectivity index (χ0v) is 10.8. The van der Waals surface area contributed by atoms with Gasteiger partial charge in [-0.15, -0.1) is 0 Å². The molecule has 0 aromatic heterocycles. The summed E-state index contributed by atoms with van der Waals surface area (Å²) in [5.74, 6) is 5.84. The molecule has 0 saturated heterocycles. The van der Waals surface area contributed by atoms with Gasteiger partial charge in [0.2, 0.25) is 0 Å². The van der Waals surface area contributed by atoms with Crippen LogP contribution in [0.15, 0.2) is 24.3 Å². The fraction of sp³-hybridized carbons (Fsp3) is 0.400. The Morgan fingerprint density at radius 1 is 1.33 bits per heavy atom. The molecule has 96 valence electrons. The maximum absolute atomic E-state index is 10.2. The van der Waals surface area contributed by atoms with Gasteiger partial charge in [0.25, 0.3) is 6.47 Å². The molecule has 0 aliphatic rings. The second kappa shape index (κ2) is 6.83. The van der Waals surface area contributed by atoms with E-state index < -0.39 is 0 Å². The Bertz CT molecular complexity index is 435. The van der Waals surface area contributed by atoms with Crippen LogP contribution in [-0.2, 0) is 14.9 Å². The molecule has 0 fully saturated rings. The minimum Gasteiger partial charge on any atom is -0.467 e. The van der Waals surface area contributed by atoms with Crippen LogP contribution in [0.3, 0.4) is 0 Å². The van der Waals surface area contributed by atoms with Crippen molar-refractivity contribution in [2.24, 2.45) is 0 Å². The molecule has 0 unspecified atom stereocenters. The first-order valence-corrected chi connectivity index (χ1v) is 5.85. The van der Waals surface area contributed by atoms with E-state index in [4.69, 9.17) is 9.84 Å². The van der Waals surface area contributed by atoms with E-state index in [1.165, 1.54) is 0 Å². The van der Waals surface area contributed by atoms with E-state index in [1.807, 2.05) is 38.1 Å². The Labute approximate surface area is 108 Å². The number of aliphatic hydroxyl groups excluding tert-OH is 1. The summed E-state index contributed by atoms with van der Waals surface area (Å²) >= 11 is 0. The van der Waals surface area contributed by atoms with Gasteiger partial charge in [-0.3, -0.25) is 4.79 Å². The van der Waals surface area contributed by atoms with Crippen molar-refractivity contribution in [3.63, 3.8) is 0 Å². The molecule has 0 aliphatic carbocycles. The van der Waals surface area contributed by atoms with Crippen molar-refractivity contribution < 1.29 is 14.6 Å². The highest BCUT2D eigenvalue weighted by Gasteiger charge is 2.20. The number of aliphatic hydroxyl groups is 1. The van der Waals surface area contributed by atoms with Crippen LogP contribution in [0.1, 0.15) is 31.4 Å². The number of rotatable bonds is 5. The molecule has 1 aromatic rings. The lowest BCUT2D eigenvalue weighted by Crippen LogP contribution is -2.23. The largest absolute Gasteiger partial charge is 0.467 e. The van der Waals surface area contributed by atoms with Crippen molar-refractivity contribution in [1.29, 1.82) is 0 Å². The third-order valence-corrected chi connectivity index (χ3v) is 2.65. The lowest BCUT2D eigenvalue weighted by Gasteiger charge is -2.23. The zero-order chi connectivity index (χ0) is 13.4. The third-order valence-electron chi connectivity index (χ3n) is 2.65. The van der Waals surface area contributed by atoms with Gasteiger partial charge in [0.15, 0.2) is 0 Å². The van der Waals surface area contributed by atoms with Crippen molar-refractivity contribution in [3.05, 3.63) is 35.4 Å². The number of benzene rings is 1. The molecule has 1 aromatic carbocycles. The average molecular weight is 246 g/mol. The van der Waals surface area contributed by atoms with Crippen molar-refractivity contribution in [3.8, 4) is 11.8 Å². The van der Waals surface area contributed by atoms with E-state index in [0.29, 0.717) is 19.5 Å². The summed E-state index contributed by atoms with van der Waals surface area (Å²) in [5.41, 5.74) is 1.80. The number of hydrogen-bond donors (Lipinski definition) is 1. The van der Waals surface area contributed by atoms with Crippen molar-refractivity contribution in [2.75, 3.05) is 13.2 Å². The molecule has 0 radical (unpaired) electrons. The van der Waals surface area contributed by atoms with Crippen molar-refractivity contribution in [2.45, 2.75) is 25.7 Å². The number of carbonyl (C=O) groups is 1. The molecule has 0 spiro atoms. The van der Waals surface area contributed by atoms with E-state index >= 15 is 0 Å². The molecule has 0 bridgehead atoms. The maximum Gasteiger partial charge on any atom is 0.293 e. The van der Waals surface area contributed by atoms with Gasteiger partial charge in [-0.05, 0) is 17.7 Å². The van der Waals surface area contributed by atoms with Crippen LogP contribution < -0.4 is 0 Å². The highest BCUT2D eigenvalue weighted by atomic mass is 16.5. The van der Waals surface area contributed by atoms with Crippen molar-refractivity contribution >= 4 is 6.47 Å². The van der Waals surface area contributed by atoms with Crippen LogP contribution >= 0.6 is 0 Å². The quantitative estimate of drug-likeness (QED) is 0.637. The molecule has 1 N–H and O–H groups in total. The van der Waals surface area contributed by atoms with E-state index in [0.717, 1.165) is 11.1 Å². The van der Waals surface area contributed by atoms with Gasteiger partial charge in [-0.25, -0.2) is 0 Å². The Morgan fingerprint density at radius 2 is 2.00 bits per heavy atom. The van der Waals surface area contributed by atoms with Crippen LogP contribution in [0.5, 0.6) is 0 Å². The van der Waals surface area contributed by atoms with Crippen molar-refractivity contribution in [1.82, 2.24) is 0 Å². The minimum absolute atomic E-state index is 0.0845. The maximum atomic E-state index is 10.2. The predicted molar refractivity (Wildman–Crippen MR) is 70.1 cm³/mol.